The van der Waals surface area contributed by atoms with Gasteiger partial charge in [-0.1, -0.05) is 29.8 Å². The molecule has 1 unspecified atom stereocenters. The molecule has 2 aromatic carbocycles. The molecule has 2 N–H and O–H groups in total. The maximum absolute atomic E-state index is 6.68. The number of benzene rings is 2. The number of aromatic nitrogens is 3. The van der Waals surface area contributed by atoms with Crippen molar-refractivity contribution < 1.29 is 9.15 Å². The second-order valence-corrected chi connectivity index (χ2v) is 7.49. The highest BCUT2D eigenvalue weighted by molar-refractivity contribution is 7.80. The standard InChI is InChI=1S/C20H15ClN4O2S/c21-13-4-11-8-26-7-10-2-1-3-12(17(10)11)18(13)14-5-15(25-20(22)24-14)19(28)16-6-23-9-27-16/h1-6,9,19,28H,7-8H2,(H2,22,24,25). The Balaban J connectivity index is 1.73. The van der Waals surface area contributed by atoms with Crippen molar-refractivity contribution in [3.8, 4) is 11.3 Å². The minimum Gasteiger partial charge on any atom is -0.447 e. The minimum absolute atomic E-state index is 0.144. The molecule has 3 heterocycles. The molecule has 2 aromatic heterocycles. The maximum atomic E-state index is 6.68. The van der Waals surface area contributed by atoms with E-state index in [2.05, 4.69) is 33.6 Å². The highest BCUT2D eigenvalue weighted by Gasteiger charge is 2.22. The molecule has 0 spiro atoms. The van der Waals surface area contributed by atoms with Gasteiger partial charge in [0.15, 0.2) is 6.39 Å². The summed E-state index contributed by atoms with van der Waals surface area (Å²) in [6.07, 6.45) is 2.96. The fourth-order valence-electron chi connectivity index (χ4n) is 3.64. The Labute approximate surface area is 171 Å². The molecule has 4 aromatic rings. The van der Waals surface area contributed by atoms with Gasteiger partial charge in [-0.05, 0) is 34.0 Å². The van der Waals surface area contributed by atoms with Gasteiger partial charge in [-0.2, -0.15) is 12.6 Å². The van der Waals surface area contributed by atoms with Crippen molar-refractivity contribution in [2.45, 2.75) is 18.5 Å². The molecule has 0 amide bonds. The van der Waals surface area contributed by atoms with Crippen molar-refractivity contribution >= 4 is 41.0 Å². The smallest absolute Gasteiger partial charge is 0.220 e. The van der Waals surface area contributed by atoms with Crippen LogP contribution in [0.2, 0.25) is 5.02 Å². The second-order valence-electron chi connectivity index (χ2n) is 6.57. The van der Waals surface area contributed by atoms with Gasteiger partial charge in [0.1, 0.15) is 11.0 Å². The number of oxazole rings is 1. The number of hydrogen-bond donors (Lipinski definition) is 2. The first kappa shape index (κ1) is 17.5. The third-order valence-electron chi connectivity index (χ3n) is 4.82. The van der Waals surface area contributed by atoms with E-state index in [1.165, 1.54) is 6.39 Å². The van der Waals surface area contributed by atoms with Crippen LogP contribution < -0.4 is 5.73 Å². The molecule has 140 valence electrons. The summed E-state index contributed by atoms with van der Waals surface area (Å²) in [5.41, 5.74) is 10.3. The molecule has 0 fully saturated rings. The average molecular weight is 411 g/mol. The zero-order chi connectivity index (χ0) is 19.3. The van der Waals surface area contributed by atoms with Crippen molar-refractivity contribution in [2.24, 2.45) is 0 Å². The number of halogens is 1. The third kappa shape index (κ3) is 2.83. The fraction of sp³-hybridized carbons (Fsp3) is 0.150. The van der Waals surface area contributed by atoms with E-state index in [1.54, 1.807) is 6.20 Å². The van der Waals surface area contributed by atoms with E-state index in [9.17, 15) is 0 Å². The van der Waals surface area contributed by atoms with E-state index >= 15 is 0 Å². The zero-order valence-corrected chi connectivity index (χ0v) is 16.2. The lowest BCUT2D eigenvalue weighted by Gasteiger charge is -2.21. The number of nitrogens with two attached hydrogens (primary N) is 1. The first-order valence-electron chi connectivity index (χ1n) is 8.64. The largest absolute Gasteiger partial charge is 0.447 e. The van der Waals surface area contributed by atoms with Gasteiger partial charge in [-0.25, -0.2) is 15.0 Å². The van der Waals surface area contributed by atoms with Crippen LogP contribution in [-0.4, -0.2) is 15.0 Å². The molecule has 5 rings (SSSR count). The van der Waals surface area contributed by atoms with Crippen LogP contribution in [0.25, 0.3) is 22.0 Å². The molecule has 0 bridgehead atoms. The molecule has 0 aliphatic carbocycles. The maximum Gasteiger partial charge on any atom is 0.220 e. The van der Waals surface area contributed by atoms with Crippen LogP contribution in [0.1, 0.15) is 27.8 Å². The molecule has 28 heavy (non-hydrogen) atoms. The molecule has 1 atom stereocenters. The quantitative estimate of drug-likeness (QED) is 0.481. The van der Waals surface area contributed by atoms with Gasteiger partial charge in [0.25, 0.3) is 0 Å². The normalized spacial score (nSPS) is 14.4. The number of hydrogen-bond acceptors (Lipinski definition) is 7. The molecule has 1 aliphatic heterocycles. The summed E-state index contributed by atoms with van der Waals surface area (Å²) < 4.78 is 11.0. The van der Waals surface area contributed by atoms with Crippen LogP contribution in [0.3, 0.4) is 0 Å². The average Bonchev–Trinajstić information content (AvgIpc) is 3.22. The highest BCUT2D eigenvalue weighted by atomic mass is 35.5. The Bertz CT molecular complexity index is 1200. The lowest BCUT2D eigenvalue weighted by atomic mass is 9.93. The summed E-state index contributed by atoms with van der Waals surface area (Å²) in [6.45, 7) is 1.11. The number of anilines is 1. The van der Waals surface area contributed by atoms with E-state index in [4.69, 9.17) is 26.5 Å². The van der Waals surface area contributed by atoms with Crippen LogP contribution in [0.5, 0.6) is 0 Å². The van der Waals surface area contributed by atoms with E-state index in [1.807, 2.05) is 24.3 Å². The Kier molecular flexibility index (Phi) is 4.23. The summed E-state index contributed by atoms with van der Waals surface area (Å²) >= 11 is 11.3. The lowest BCUT2D eigenvalue weighted by Crippen LogP contribution is -2.06. The Hall–Kier alpha value is -2.61. The van der Waals surface area contributed by atoms with Crippen molar-refractivity contribution in [3.05, 3.63) is 70.5 Å². The van der Waals surface area contributed by atoms with Crippen molar-refractivity contribution in [1.29, 1.82) is 0 Å². The Morgan fingerprint density at radius 3 is 2.82 bits per heavy atom. The number of ether oxygens (including phenoxy) is 1. The summed E-state index contributed by atoms with van der Waals surface area (Å²) in [4.78, 5) is 12.7. The number of nitrogen functional groups attached to an aromatic ring is 1. The summed E-state index contributed by atoms with van der Waals surface area (Å²) in [7, 11) is 0. The van der Waals surface area contributed by atoms with Crippen molar-refractivity contribution in [2.75, 3.05) is 5.73 Å². The van der Waals surface area contributed by atoms with Gasteiger partial charge in [-0.3, -0.25) is 0 Å². The predicted molar refractivity (Wildman–Crippen MR) is 110 cm³/mol. The topological polar surface area (TPSA) is 87.1 Å². The fourth-order valence-corrected chi connectivity index (χ4v) is 4.23. The SMILES string of the molecule is Nc1nc(-c2c(Cl)cc3c4c(cccc24)COC3)cc(C(S)c2cnco2)n1. The van der Waals surface area contributed by atoms with Crippen LogP contribution in [0, 0.1) is 0 Å². The van der Waals surface area contributed by atoms with Gasteiger partial charge in [0.05, 0.1) is 35.8 Å². The molecule has 0 saturated carbocycles. The van der Waals surface area contributed by atoms with E-state index in [0.717, 1.165) is 27.5 Å². The molecule has 6 nitrogen and oxygen atoms in total. The lowest BCUT2D eigenvalue weighted by molar-refractivity contribution is 0.103. The molecule has 1 aliphatic rings. The van der Waals surface area contributed by atoms with Crippen molar-refractivity contribution in [3.63, 3.8) is 0 Å². The van der Waals surface area contributed by atoms with Gasteiger partial charge >= 0.3 is 0 Å². The van der Waals surface area contributed by atoms with Gasteiger partial charge < -0.3 is 14.9 Å². The van der Waals surface area contributed by atoms with Crippen molar-refractivity contribution in [1.82, 2.24) is 15.0 Å². The predicted octanol–water partition coefficient (Wildman–Crippen LogP) is 4.57. The second kappa shape index (κ2) is 6.77. The van der Waals surface area contributed by atoms with Crippen LogP contribution in [0.15, 0.2) is 47.3 Å². The zero-order valence-electron chi connectivity index (χ0n) is 14.6. The number of nitrogens with zero attached hydrogens (tertiary/aromatic N) is 3. The summed E-state index contributed by atoms with van der Waals surface area (Å²) in [5.74, 6) is 0.721. The van der Waals surface area contributed by atoms with Crippen LogP contribution in [-0.2, 0) is 18.0 Å². The first-order chi connectivity index (χ1) is 13.6. The molecular formula is C20H15ClN4O2S. The summed E-state index contributed by atoms with van der Waals surface area (Å²) in [5, 5.41) is 2.34. The third-order valence-corrected chi connectivity index (χ3v) is 5.63. The highest BCUT2D eigenvalue weighted by Crippen LogP contribution is 2.41. The first-order valence-corrected chi connectivity index (χ1v) is 9.53. The van der Waals surface area contributed by atoms with Gasteiger partial charge in [0, 0.05) is 5.56 Å². The number of thiol groups is 1. The molecule has 8 heteroatoms. The minimum atomic E-state index is -0.418. The molecular weight excluding hydrogens is 396 g/mol. The Morgan fingerprint density at radius 1 is 1.14 bits per heavy atom. The van der Waals surface area contributed by atoms with E-state index in [0.29, 0.717) is 35.4 Å². The summed E-state index contributed by atoms with van der Waals surface area (Å²) in [6, 6.07) is 9.88. The van der Waals surface area contributed by atoms with Gasteiger partial charge in [-0.15, -0.1) is 0 Å². The van der Waals surface area contributed by atoms with Crippen LogP contribution >= 0.6 is 24.2 Å². The Morgan fingerprint density at radius 2 is 2.00 bits per heavy atom. The van der Waals surface area contributed by atoms with Crippen LogP contribution in [0.4, 0.5) is 5.95 Å². The monoisotopic (exact) mass is 410 g/mol. The molecule has 0 radical (unpaired) electrons. The number of rotatable bonds is 3. The van der Waals surface area contributed by atoms with E-state index < -0.39 is 5.25 Å². The van der Waals surface area contributed by atoms with E-state index in [-0.39, 0.29) is 5.95 Å². The molecule has 0 saturated heterocycles. The van der Waals surface area contributed by atoms with Gasteiger partial charge in [0.2, 0.25) is 5.95 Å².